The highest BCUT2D eigenvalue weighted by Crippen LogP contribution is 2.30. The van der Waals surface area contributed by atoms with Crippen molar-refractivity contribution in [1.29, 1.82) is 0 Å². The van der Waals surface area contributed by atoms with Gasteiger partial charge >= 0.3 is 0 Å². The van der Waals surface area contributed by atoms with E-state index >= 15 is 0 Å². The van der Waals surface area contributed by atoms with Crippen molar-refractivity contribution in [2.45, 2.75) is 17.9 Å². The molecular weight excluding hydrogens is 407 g/mol. The number of hydrogen-bond donors (Lipinski definition) is 2. The van der Waals surface area contributed by atoms with E-state index in [1.807, 2.05) is 24.3 Å². The molecule has 0 fully saturated rings. The summed E-state index contributed by atoms with van der Waals surface area (Å²) in [5, 5.41) is 4.80. The highest BCUT2D eigenvalue weighted by atomic mass is 35.5. The fraction of sp³-hybridized carbons (Fsp3) is 0.105. The van der Waals surface area contributed by atoms with Crippen molar-refractivity contribution >= 4 is 55.6 Å². The van der Waals surface area contributed by atoms with Gasteiger partial charge in [-0.15, -0.1) is 0 Å². The molecule has 5 nitrogen and oxygen atoms in total. The summed E-state index contributed by atoms with van der Waals surface area (Å²) in [6, 6.07) is 16.0. The van der Waals surface area contributed by atoms with E-state index in [4.69, 9.17) is 23.2 Å². The smallest absolute Gasteiger partial charge is 0.242 e. The average molecular weight is 423 g/mol. The number of amides is 1. The minimum atomic E-state index is -3.89. The van der Waals surface area contributed by atoms with Gasteiger partial charge in [0.2, 0.25) is 15.9 Å². The van der Waals surface area contributed by atoms with Gasteiger partial charge < -0.3 is 5.32 Å². The summed E-state index contributed by atoms with van der Waals surface area (Å²) in [6.07, 6.45) is 0. The minimum Gasteiger partial charge on any atom is -0.322 e. The Kier molecular flexibility index (Phi) is 5.72. The highest BCUT2D eigenvalue weighted by Gasteiger charge is 2.23. The average Bonchev–Trinajstić information content (AvgIpc) is 2.64. The normalized spacial score (nSPS) is 12.7. The third-order valence-corrected chi connectivity index (χ3v) is 6.14. The lowest BCUT2D eigenvalue weighted by Crippen LogP contribution is -2.41. The molecule has 0 spiro atoms. The number of carbonyl (C=O) groups excluding carboxylic acids is 1. The third-order valence-electron chi connectivity index (χ3n) is 3.97. The number of sulfonamides is 1. The zero-order valence-electron chi connectivity index (χ0n) is 14.2. The van der Waals surface area contributed by atoms with Crippen molar-refractivity contribution in [3.05, 3.63) is 70.7 Å². The van der Waals surface area contributed by atoms with E-state index < -0.39 is 22.0 Å². The molecule has 0 aromatic heterocycles. The Morgan fingerprint density at radius 1 is 0.926 bits per heavy atom. The van der Waals surface area contributed by atoms with E-state index in [0.717, 1.165) is 10.8 Å². The molecule has 0 bridgehead atoms. The van der Waals surface area contributed by atoms with E-state index in [9.17, 15) is 13.2 Å². The summed E-state index contributed by atoms with van der Waals surface area (Å²) in [6.45, 7) is 1.44. The van der Waals surface area contributed by atoms with Gasteiger partial charge in [0.1, 0.15) is 0 Å². The molecular formula is C19H16Cl2N2O3S. The summed E-state index contributed by atoms with van der Waals surface area (Å²) in [4.78, 5) is 12.5. The lowest BCUT2D eigenvalue weighted by Gasteiger charge is -2.16. The van der Waals surface area contributed by atoms with Crippen LogP contribution in [0.15, 0.2) is 65.6 Å². The largest absolute Gasteiger partial charge is 0.322 e. The van der Waals surface area contributed by atoms with Gasteiger partial charge in [-0.3, -0.25) is 4.79 Å². The zero-order valence-corrected chi connectivity index (χ0v) is 16.6. The summed E-state index contributed by atoms with van der Waals surface area (Å²) < 4.78 is 27.6. The van der Waals surface area contributed by atoms with Crippen molar-refractivity contribution < 1.29 is 13.2 Å². The van der Waals surface area contributed by atoms with Gasteiger partial charge in [-0.2, -0.15) is 4.72 Å². The molecule has 0 aliphatic carbocycles. The van der Waals surface area contributed by atoms with Crippen molar-refractivity contribution in [2.75, 3.05) is 5.32 Å². The molecule has 3 aromatic rings. The topological polar surface area (TPSA) is 75.3 Å². The molecule has 3 rings (SSSR count). The molecule has 140 valence electrons. The van der Waals surface area contributed by atoms with Crippen molar-refractivity contribution in [1.82, 2.24) is 4.72 Å². The van der Waals surface area contributed by atoms with Crippen LogP contribution in [-0.2, 0) is 14.8 Å². The molecule has 0 aliphatic rings. The standard InChI is InChI=1S/C19H16Cl2N2O3S/c1-12(19(24)22-18-16(20)7-4-8-17(18)21)23-27(25,26)15-10-9-13-5-2-3-6-14(13)11-15/h2-12,23H,1H3,(H,22,24)/t12-/m1/s1. The zero-order chi connectivity index (χ0) is 19.6. The van der Waals surface area contributed by atoms with Crippen LogP contribution in [0.1, 0.15) is 6.92 Å². The fourth-order valence-corrected chi connectivity index (χ4v) is 4.27. The molecule has 0 aliphatic heterocycles. The maximum atomic E-state index is 12.6. The molecule has 1 amide bonds. The number of hydrogen-bond acceptors (Lipinski definition) is 3. The van der Waals surface area contributed by atoms with Gasteiger partial charge in [-0.25, -0.2) is 8.42 Å². The van der Waals surface area contributed by atoms with Crippen LogP contribution in [0, 0.1) is 0 Å². The molecule has 0 heterocycles. The van der Waals surface area contributed by atoms with Crippen molar-refractivity contribution in [3.63, 3.8) is 0 Å². The van der Waals surface area contributed by atoms with Crippen LogP contribution < -0.4 is 10.0 Å². The van der Waals surface area contributed by atoms with Crippen LogP contribution >= 0.6 is 23.2 Å². The molecule has 1 atom stereocenters. The molecule has 27 heavy (non-hydrogen) atoms. The van der Waals surface area contributed by atoms with E-state index in [1.54, 1.807) is 30.3 Å². The number of rotatable bonds is 5. The van der Waals surface area contributed by atoms with Crippen LogP contribution in [0.3, 0.4) is 0 Å². The van der Waals surface area contributed by atoms with E-state index in [1.165, 1.54) is 13.0 Å². The first-order chi connectivity index (χ1) is 12.8. The van der Waals surface area contributed by atoms with Crippen LogP contribution in [0.2, 0.25) is 10.0 Å². The minimum absolute atomic E-state index is 0.0802. The second kappa shape index (κ2) is 7.86. The second-order valence-corrected chi connectivity index (χ2v) is 8.47. The number of para-hydroxylation sites is 1. The highest BCUT2D eigenvalue weighted by molar-refractivity contribution is 7.89. The van der Waals surface area contributed by atoms with Crippen LogP contribution in [0.4, 0.5) is 5.69 Å². The first-order valence-corrected chi connectivity index (χ1v) is 10.3. The van der Waals surface area contributed by atoms with Crippen molar-refractivity contribution in [3.8, 4) is 0 Å². The summed E-state index contributed by atoms with van der Waals surface area (Å²) >= 11 is 12.0. The number of anilines is 1. The van der Waals surface area contributed by atoms with E-state index in [2.05, 4.69) is 10.0 Å². The Balaban J connectivity index is 1.78. The molecule has 0 radical (unpaired) electrons. The number of benzene rings is 3. The molecule has 3 aromatic carbocycles. The Hall–Kier alpha value is -2.12. The number of carbonyl (C=O) groups is 1. The predicted molar refractivity (Wildman–Crippen MR) is 109 cm³/mol. The molecule has 2 N–H and O–H groups in total. The molecule has 0 unspecified atom stereocenters. The quantitative estimate of drug-likeness (QED) is 0.637. The van der Waals surface area contributed by atoms with Crippen LogP contribution in [0.5, 0.6) is 0 Å². The SMILES string of the molecule is C[C@@H](NS(=O)(=O)c1ccc2ccccc2c1)C(=O)Nc1c(Cl)cccc1Cl. The van der Waals surface area contributed by atoms with Gasteiger partial charge in [-0.05, 0) is 42.0 Å². The van der Waals surface area contributed by atoms with Gasteiger partial charge in [0, 0.05) is 0 Å². The fourth-order valence-electron chi connectivity index (χ4n) is 2.54. The monoisotopic (exact) mass is 422 g/mol. The van der Waals surface area contributed by atoms with Gasteiger partial charge in [0.05, 0.1) is 26.7 Å². The summed E-state index contributed by atoms with van der Waals surface area (Å²) in [5.74, 6) is -0.575. The van der Waals surface area contributed by atoms with Crippen molar-refractivity contribution in [2.24, 2.45) is 0 Å². The Morgan fingerprint density at radius 3 is 2.22 bits per heavy atom. The first kappa shape index (κ1) is 19.6. The maximum Gasteiger partial charge on any atom is 0.242 e. The molecule has 0 saturated heterocycles. The second-order valence-electron chi connectivity index (χ2n) is 5.94. The third kappa shape index (κ3) is 4.42. The van der Waals surface area contributed by atoms with E-state index in [0.29, 0.717) is 0 Å². The number of halogens is 2. The van der Waals surface area contributed by atoms with Gasteiger partial charge in [-0.1, -0.05) is 59.6 Å². The van der Waals surface area contributed by atoms with Crippen LogP contribution in [-0.4, -0.2) is 20.4 Å². The van der Waals surface area contributed by atoms with Gasteiger partial charge in [0.25, 0.3) is 0 Å². The lowest BCUT2D eigenvalue weighted by atomic mass is 10.1. The molecule has 8 heteroatoms. The predicted octanol–water partition coefficient (Wildman–Crippen LogP) is 4.45. The first-order valence-electron chi connectivity index (χ1n) is 8.04. The summed E-state index contributed by atoms with van der Waals surface area (Å²) in [5.41, 5.74) is 0.239. The Morgan fingerprint density at radius 2 is 1.56 bits per heavy atom. The summed E-state index contributed by atoms with van der Waals surface area (Å²) in [7, 11) is -3.89. The van der Waals surface area contributed by atoms with Crippen LogP contribution in [0.25, 0.3) is 10.8 Å². The van der Waals surface area contributed by atoms with Gasteiger partial charge in [0.15, 0.2) is 0 Å². The lowest BCUT2D eigenvalue weighted by molar-refractivity contribution is -0.117. The Bertz CT molecular complexity index is 1100. The maximum absolute atomic E-state index is 12.6. The number of fused-ring (bicyclic) bond motifs is 1. The molecule has 0 saturated carbocycles. The number of nitrogens with one attached hydrogen (secondary N) is 2. The van der Waals surface area contributed by atoms with E-state index in [-0.39, 0.29) is 20.6 Å². The Labute approximate surface area is 167 Å².